The first kappa shape index (κ1) is 36.1. The molecular weight excluding hydrogens is 456 g/mol. The Hall–Kier alpha value is -0.860. The Morgan fingerprint density at radius 1 is 0.514 bits per heavy atom. The van der Waals surface area contributed by atoms with Gasteiger partial charge < -0.3 is 4.74 Å². The lowest BCUT2D eigenvalue weighted by atomic mass is 10.0. The fourth-order valence-corrected chi connectivity index (χ4v) is 5.22. The molecule has 0 N–H and O–H groups in total. The lowest BCUT2D eigenvalue weighted by Crippen LogP contribution is -2.18. The van der Waals surface area contributed by atoms with E-state index in [4.69, 9.17) is 4.74 Å². The molecule has 1 radical (unpaired) electrons. The van der Waals surface area contributed by atoms with Gasteiger partial charge in [0.05, 0.1) is 6.42 Å². The topological polar surface area (TPSA) is 43.4 Å². The molecule has 0 saturated carbocycles. The molecule has 1 atom stereocenters. The predicted octanol–water partition coefficient (Wildman–Crippen LogP) is 11.4. The second-order valence-electron chi connectivity index (χ2n) is 11.5. The molecule has 3 nitrogen and oxygen atoms in total. The molecule has 0 aliphatic carbocycles. The third-order valence-corrected chi connectivity index (χ3v) is 7.72. The van der Waals surface area contributed by atoms with Gasteiger partial charge in [-0.05, 0) is 19.3 Å². The van der Waals surface area contributed by atoms with E-state index in [9.17, 15) is 9.59 Å². The molecule has 0 aliphatic rings. The maximum absolute atomic E-state index is 12.2. The highest BCUT2D eigenvalue weighted by molar-refractivity contribution is 5.69. The number of hydrogen-bond acceptors (Lipinski definition) is 3. The second-order valence-corrected chi connectivity index (χ2v) is 11.5. The average Bonchev–Trinajstić information content (AvgIpc) is 2.89. The maximum atomic E-state index is 12.2. The van der Waals surface area contributed by atoms with Crippen LogP contribution < -0.4 is 0 Å². The van der Waals surface area contributed by atoms with Crippen LogP contribution in [0.5, 0.6) is 0 Å². The van der Waals surface area contributed by atoms with Crippen molar-refractivity contribution in [2.24, 2.45) is 0 Å². The van der Waals surface area contributed by atoms with E-state index in [0.717, 1.165) is 32.1 Å². The minimum atomic E-state index is -0.263. The lowest BCUT2D eigenvalue weighted by Gasteiger charge is -2.15. The van der Waals surface area contributed by atoms with E-state index in [1.54, 1.807) is 0 Å². The Morgan fingerprint density at radius 2 is 0.838 bits per heavy atom. The van der Waals surface area contributed by atoms with Gasteiger partial charge in [-0.25, -0.2) is 0 Å². The normalized spacial score (nSPS) is 12.1. The number of carbonyl (C=O) groups is 1. The van der Waals surface area contributed by atoms with Gasteiger partial charge >= 0.3 is 5.97 Å². The first-order valence-electron chi connectivity index (χ1n) is 16.8. The SMILES string of the molecule is CCCCCCCCCCCCCCCCCCCCC(=O)OC(C[C]=O)CCCCCCCCCC. The van der Waals surface area contributed by atoms with Crippen molar-refractivity contribution in [3.8, 4) is 0 Å². The van der Waals surface area contributed by atoms with Crippen LogP contribution in [0.3, 0.4) is 0 Å². The summed E-state index contributed by atoms with van der Waals surface area (Å²) in [6.07, 6.45) is 37.5. The average molecular weight is 522 g/mol. The van der Waals surface area contributed by atoms with Crippen LogP contribution in [-0.4, -0.2) is 18.4 Å². The smallest absolute Gasteiger partial charge is 0.306 e. The molecule has 0 spiro atoms. The van der Waals surface area contributed by atoms with Crippen LogP contribution in [0, 0.1) is 0 Å². The number of hydrogen-bond donors (Lipinski definition) is 0. The van der Waals surface area contributed by atoms with Gasteiger partial charge in [-0.3, -0.25) is 9.59 Å². The largest absolute Gasteiger partial charge is 0.462 e. The molecule has 0 aliphatic heterocycles. The zero-order chi connectivity index (χ0) is 27.1. The predicted molar refractivity (Wildman–Crippen MR) is 161 cm³/mol. The molecule has 0 rings (SSSR count). The van der Waals surface area contributed by atoms with E-state index in [1.165, 1.54) is 141 Å². The number of rotatable bonds is 31. The van der Waals surface area contributed by atoms with Crippen molar-refractivity contribution in [2.45, 2.75) is 206 Å². The van der Waals surface area contributed by atoms with E-state index in [2.05, 4.69) is 13.8 Å². The molecule has 0 saturated heterocycles. The third-order valence-electron chi connectivity index (χ3n) is 7.72. The quantitative estimate of drug-likeness (QED) is 0.0673. The van der Waals surface area contributed by atoms with E-state index < -0.39 is 0 Å². The highest BCUT2D eigenvalue weighted by Gasteiger charge is 2.14. The van der Waals surface area contributed by atoms with Gasteiger partial charge in [0, 0.05) is 6.42 Å². The van der Waals surface area contributed by atoms with Crippen LogP contribution >= 0.6 is 0 Å². The summed E-state index contributed by atoms with van der Waals surface area (Å²) in [6.45, 7) is 4.53. The molecule has 3 heteroatoms. The summed E-state index contributed by atoms with van der Waals surface area (Å²) in [5.41, 5.74) is 0. The maximum Gasteiger partial charge on any atom is 0.306 e. The molecule has 1 unspecified atom stereocenters. The monoisotopic (exact) mass is 521 g/mol. The van der Waals surface area contributed by atoms with Crippen molar-refractivity contribution in [1.82, 2.24) is 0 Å². The minimum Gasteiger partial charge on any atom is -0.462 e. The van der Waals surface area contributed by atoms with Gasteiger partial charge in [0.15, 0.2) is 0 Å². The number of esters is 1. The summed E-state index contributed by atoms with van der Waals surface area (Å²) in [5.74, 6) is -0.128. The third kappa shape index (κ3) is 29.5. The summed E-state index contributed by atoms with van der Waals surface area (Å²) in [4.78, 5) is 23.0. The van der Waals surface area contributed by atoms with Crippen LogP contribution in [0.25, 0.3) is 0 Å². The molecule has 0 aromatic heterocycles. The van der Waals surface area contributed by atoms with Crippen LogP contribution in [-0.2, 0) is 14.3 Å². The molecule has 37 heavy (non-hydrogen) atoms. The first-order chi connectivity index (χ1) is 18.2. The molecule has 0 aromatic rings. The standard InChI is InChI=1S/C34H65O3/c1-3-5-7-9-11-13-14-15-16-17-18-19-20-21-22-24-26-28-30-34(36)37-33(31-32-35)29-27-25-23-12-10-8-6-4-2/h33H,3-31H2,1-2H3. The van der Waals surface area contributed by atoms with Crippen molar-refractivity contribution in [1.29, 1.82) is 0 Å². The Kier molecular flexibility index (Phi) is 30.6. The zero-order valence-corrected chi connectivity index (χ0v) is 25.3. The highest BCUT2D eigenvalue weighted by atomic mass is 16.5. The van der Waals surface area contributed by atoms with Crippen molar-refractivity contribution in [3.05, 3.63) is 0 Å². The fourth-order valence-electron chi connectivity index (χ4n) is 5.22. The first-order valence-corrected chi connectivity index (χ1v) is 16.8. The summed E-state index contributed by atoms with van der Waals surface area (Å²) in [6, 6.07) is 0. The number of carbonyl (C=O) groups excluding carboxylic acids is 2. The van der Waals surface area contributed by atoms with Crippen molar-refractivity contribution < 1.29 is 14.3 Å². The van der Waals surface area contributed by atoms with Crippen molar-refractivity contribution >= 4 is 12.3 Å². The Morgan fingerprint density at radius 3 is 1.19 bits per heavy atom. The highest BCUT2D eigenvalue weighted by Crippen LogP contribution is 2.16. The van der Waals surface area contributed by atoms with Gasteiger partial charge in [-0.1, -0.05) is 168 Å². The summed E-state index contributed by atoms with van der Waals surface area (Å²) < 4.78 is 5.58. The number of ether oxygens (including phenoxy) is 1. The molecule has 0 heterocycles. The van der Waals surface area contributed by atoms with Crippen LogP contribution in [0.4, 0.5) is 0 Å². The van der Waals surface area contributed by atoms with Crippen LogP contribution in [0.2, 0.25) is 0 Å². The molecule has 0 amide bonds. The second kappa shape index (κ2) is 31.4. The Labute approximate surface area is 232 Å². The van der Waals surface area contributed by atoms with Crippen molar-refractivity contribution in [3.63, 3.8) is 0 Å². The van der Waals surface area contributed by atoms with E-state index >= 15 is 0 Å². The summed E-state index contributed by atoms with van der Waals surface area (Å²) >= 11 is 0. The molecule has 219 valence electrons. The molecule has 0 bridgehead atoms. The van der Waals surface area contributed by atoms with E-state index in [-0.39, 0.29) is 18.5 Å². The fraction of sp³-hybridized carbons (Fsp3) is 0.941. The van der Waals surface area contributed by atoms with E-state index in [0.29, 0.717) is 6.42 Å². The minimum absolute atomic E-state index is 0.128. The molecular formula is C34H65O3. The molecule has 0 aromatic carbocycles. The van der Waals surface area contributed by atoms with Crippen LogP contribution in [0.1, 0.15) is 200 Å². The van der Waals surface area contributed by atoms with Gasteiger partial charge in [0.2, 0.25) is 6.29 Å². The lowest BCUT2D eigenvalue weighted by molar-refractivity contribution is -0.149. The van der Waals surface area contributed by atoms with Crippen molar-refractivity contribution in [2.75, 3.05) is 0 Å². The van der Waals surface area contributed by atoms with Gasteiger partial charge in [-0.15, -0.1) is 0 Å². The zero-order valence-electron chi connectivity index (χ0n) is 25.3. The van der Waals surface area contributed by atoms with Crippen LogP contribution in [0.15, 0.2) is 0 Å². The number of unbranched alkanes of at least 4 members (excludes halogenated alkanes) is 24. The van der Waals surface area contributed by atoms with E-state index in [1.807, 2.05) is 6.29 Å². The van der Waals surface area contributed by atoms with Gasteiger partial charge in [0.25, 0.3) is 0 Å². The summed E-state index contributed by atoms with van der Waals surface area (Å²) in [7, 11) is 0. The van der Waals surface area contributed by atoms with Gasteiger partial charge in [-0.2, -0.15) is 0 Å². The molecule has 0 fully saturated rings. The Balaban J connectivity index is 3.45. The summed E-state index contributed by atoms with van der Waals surface area (Å²) in [5, 5.41) is 0. The Bertz CT molecular complexity index is 462. The van der Waals surface area contributed by atoms with Gasteiger partial charge in [0.1, 0.15) is 6.10 Å².